The largest absolute Gasteiger partial charge is 0.309 e. The summed E-state index contributed by atoms with van der Waals surface area (Å²) in [6, 6.07) is 64.3. The molecular formula is C61H54N2. The summed E-state index contributed by atoms with van der Waals surface area (Å²) in [7, 11) is 0. The van der Waals surface area contributed by atoms with Gasteiger partial charge in [0.05, 0.1) is 22.1 Å². The van der Waals surface area contributed by atoms with Crippen molar-refractivity contribution in [3.63, 3.8) is 0 Å². The molecule has 2 nitrogen and oxygen atoms in total. The highest BCUT2D eigenvalue weighted by molar-refractivity contribution is 6.21. The number of benzene rings is 8. The second-order valence-corrected chi connectivity index (χ2v) is 15.4. The van der Waals surface area contributed by atoms with Crippen molar-refractivity contribution in [1.29, 1.82) is 0 Å². The lowest BCUT2D eigenvalue weighted by molar-refractivity contribution is 1.18. The van der Waals surface area contributed by atoms with Crippen molar-refractivity contribution < 1.29 is 0 Å². The first-order valence-corrected chi connectivity index (χ1v) is 22.0. The minimum atomic E-state index is 1.15. The van der Waals surface area contributed by atoms with Crippen molar-refractivity contribution >= 4 is 60.5 Å². The molecule has 0 N–H and O–H groups in total. The number of nitrogens with zero attached hydrogens (tertiary/aromatic N) is 2. The minimum Gasteiger partial charge on any atom is -0.309 e. The van der Waals surface area contributed by atoms with Gasteiger partial charge in [0.1, 0.15) is 0 Å². The average Bonchev–Trinajstić information content (AvgIpc) is 3.86. The third kappa shape index (κ3) is 8.49. The summed E-state index contributed by atoms with van der Waals surface area (Å²) in [6.07, 6.45) is 16.2. The molecule has 10 rings (SSSR count). The van der Waals surface area contributed by atoms with Gasteiger partial charge in [0.2, 0.25) is 0 Å². The SMILES string of the molecule is C/C=C\C=C/c1ccc2c(c1)c1c3ccccc3ccc1n2-c1ccc(-c2ccc3c(c2)c2cc(-c4ccccc4)ccc2n3-c2ccccc2)cc1.C=C/C=C\C(C)=C\C.CC. The van der Waals surface area contributed by atoms with Gasteiger partial charge >= 0.3 is 0 Å². The quantitative estimate of drug-likeness (QED) is 0.135. The maximum absolute atomic E-state index is 3.55. The Bertz CT molecular complexity index is 3310. The predicted molar refractivity (Wildman–Crippen MR) is 277 cm³/mol. The van der Waals surface area contributed by atoms with Crippen molar-refractivity contribution in [2.45, 2.75) is 34.6 Å². The van der Waals surface area contributed by atoms with E-state index in [1.165, 1.54) is 87.8 Å². The summed E-state index contributed by atoms with van der Waals surface area (Å²) in [5, 5.41) is 7.58. The fourth-order valence-electron chi connectivity index (χ4n) is 8.45. The Morgan fingerprint density at radius 3 is 1.65 bits per heavy atom. The zero-order valence-electron chi connectivity index (χ0n) is 37.0. The van der Waals surface area contributed by atoms with Crippen LogP contribution in [0.4, 0.5) is 0 Å². The third-order valence-corrected chi connectivity index (χ3v) is 11.6. The van der Waals surface area contributed by atoms with E-state index in [4.69, 9.17) is 0 Å². The lowest BCUT2D eigenvalue weighted by Crippen LogP contribution is -1.94. The fourth-order valence-corrected chi connectivity index (χ4v) is 8.45. The Morgan fingerprint density at radius 2 is 1.00 bits per heavy atom. The number of para-hydroxylation sites is 1. The molecule has 0 bridgehead atoms. The van der Waals surface area contributed by atoms with Gasteiger partial charge in [-0.05, 0) is 126 Å². The van der Waals surface area contributed by atoms with E-state index in [0.717, 1.165) is 11.4 Å². The molecule has 0 atom stereocenters. The first-order chi connectivity index (χ1) is 31.1. The maximum Gasteiger partial charge on any atom is 0.0547 e. The normalized spacial score (nSPS) is 11.9. The zero-order valence-corrected chi connectivity index (χ0v) is 37.0. The third-order valence-electron chi connectivity index (χ3n) is 11.6. The topological polar surface area (TPSA) is 9.86 Å². The van der Waals surface area contributed by atoms with Crippen LogP contribution in [0.1, 0.15) is 40.2 Å². The van der Waals surface area contributed by atoms with E-state index in [0.29, 0.717) is 0 Å². The molecule has 308 valence electrons. The summed E-state index contributed by atoms with van der Waals surface area (Å²) >= 11 is 0. The Kier molecular flexibility index (Phi) is 12.9. The predicted octanol–water partition coefficient (Wildman–Crippen LogP) is 17.7. The molecule has 0 unspecified atom stereocenters. The number of aromatic nitrogens is 2. The molecule has 2 heterocycles. The van der Waals surface area contributed by atoms with Crippen LogP contribution in [0.15, 0.2) is 231 Å². The van der Waals surface area contributed by atoms with Gasteiger partial charge in [-0.25, -0.2) is 0 Å². The number of rotatable bonds is 8. The number of hydrogen-bond donors (Lipinski definition) is 0. The minimum absolute atomic E-state index is 1.15. The van der Waals surface area contributed by atoms with Crippen LogP contribution in [0.5, 0.6) is 0 Å². The highest BCUT2D eigenvalue weighted by atomic mass is 15.0. The summed E-state index contributed by atoms with van der Waals surface area (Å²) in [5.41, 5.74) is 14.4. The molecule has 8 aromatic carbocycles. The molecule has 0 aliphatic rings. The molecule has 0 spiro atoms. The highest BCUT2D eigenvalue weighted by Crippen LogP contribution is 2.40. The van der Waals surface area contributed by atoms with Crippen LogP contribution in [-0.2, 0) is 0 Å². The molecule has 0 saturated carbocycles. The second-order valence-electron chi connectivity index (χ2n) is 15.4. The van der Waals surface area contributed by atoms with Crippen molar-refractivity contribution in [3.8, 4) is 33.6 Å². The molecule has 0 aliphatic carbocycles. The van der Waals surface area contributed by atoms with Crippen LogP contribution in [0.2, 0.25) is 0 Å². The molecule has 0 saturated heterocycles. The molecule has 0 fully saturated rings. The van der Waals surface area contributed by atoms with Gasteiger partial charge in [-0.2, -0.15) is 0 Å². The van der Waals surface area contributed by atoms with Crippen LogP contribution < -0.4 is 0 Å². The summed E-state index contributed by atoms with van der Waals surface area (Å²) < 4.78 is 4.81. The lowest BCUT2D eigenvalue weighted by atomic mass is 10.00. The van der Waals surface area contributed by atoms with Crippen molar-refractivity contribution in [2.24, 2.45) is 0 Å². The van der Waals surface area contributed by atoms with Crippen LogP contribution in [0.3, 0.4) is 0 Å². The molecule has 0 amide bonds. The summed E-state index contributed by atoms with van der Waals surface area (Å²) in [4.78, 5) is 0. The molecular weight excluding hydrogens is 761 g/mol. The summed E-state index contributed by atoms with van der Waals surface area (Å²) in [6.45, 7) is 13.7. The van der Waals surface area contributed by atoms with E-state index in [1.54, 1.807) is 6.08 Å². The van der Waals surface area contributed by atoms with Gasteiger partial charge in [-0.1, -0.05) is 184 Å². The standard InChI is InChI=1S/C51H36N2.C8H12.C2H6/c1-2-3-6-13-35-20-28-49-46(32-35)51-43-19-12-11-16-38(43)23-31-50(51)53(49)42-26-21-37(22-27-42)40-25-30-48-45(34-40)44-33-39(36-14-7-4-8-15-36)24-29-47(44)52(48)41-17-9-5-10-18-41;1-4-6-7-8(3)5-2;1-2/h2-34H,1H3;4-7H,1H2,2-3H3;1-2H3/b3-2-,13-6-;7-6-,8-5+;. The lowest BCUT2D eigenvalue weighted by Gasteiger charge is -2.11. The van der Waals surface area contributed by atoms with Gasteiger partial charge in [0.25, 0.3) is 0 Å². The molecule has 2 heteroatoms. The van der Waals surface area contributed by atoms with Gasteiger partial charge in [0, 0.05) is 32.9 Å². The van der Waals surface area contributed by atoms with Gasteiger partial charge in [0.15, 0.2) is 0 Å². The summed E-state index contributed by atoms with van der Waals surface area (Å²) in [5.74, 6) is 0. The molecule has 63 heavy (non-hydrogen) atoms. The Balaban J connectivity index is 0.000000493. The zero-order chi connectivity index (χ0) is 43.7. The molecule has 2 aromatic heterocycles. The van der Waals surface area contributed by atoms with Crippen LogP contribution in [-0.4, -0.2) is 9.13 Å². The van der Waals surface area contributed by atoms with E-state index in [2.05, 4.69) is 229 Å². The smallest absolute Gasteiger partial charge is 0.0547 e. The number of fused-ring (bicyclic) bond motifs is 8. The highest BCUT2D eigenvalue weighted by Gasteiger charge is 2.17. The number of hydrogen-bond acceptors (Lipinski definition) is 0. The molecule has 10 aromatic rings. The van der Waals surface area contributed by atoms with E-state index >= 15 is 0 Å². The number of allylic oxidation sites excluding steroid dienone is 8. The van der Waals surface area contributed by atoms with Crippen LogP contribution >= 0.6 is 0 Å². The van der Waals surface area contributed by atoms with Crippen molar-refractivity contribution in [2.75, 3.05) is 0 Å². The molecule has 0 aliphatic heterocycles. The van der Waals surface area contributed by atoms with Gasteiger partial charge in [-0.15, -0.1) is 0 Å². The first-order valence-electron chi connectivity index (χ1n) is 22.0. The Labute approximate surface area is 372 Å². The first kappa shape index (κ1) is 42.0. The van der Waals surface area contributed by atoms with Gasteiger partial charge < -0.3 is 9.13 Å². The van der Waals surface area contributed by atoms with Gasteiger partial charge in [-0.3, -0.25) is 0 Å². The van der Waals surface area contributed by atoms with E-state index in [9.17, 15) is 0 Å². The monoisotopic (exact) mass is 814 g/mol. The van der Waals surface area contributed by atoms with E-state index in [1.807, 2.05) is 39.8 Å². The van der Waals surface area contributed by atoms with Crippen molar-refractivity contribution in [1.82, 2.24) is 9.13 Å². The second kappa shape index (κ2) is 19.4. The van der Waals surface area contributed by atoms with Crippen LogP contribution in [0, 0.1) is 0 Å². The van der Waals surface area contributed by atoms with E-state index < -0.39 is 0 Å². The van der Waals surface area contributed by atoms with Crippen molar-refractivity contribution in [3.05, 3.63) is 236 Å². The molecule has 0 radical (unpaired) electrons. The Hall–Kier alpha value is -7.68. The average molecular weight is 815 g/mol. The maximum atomic E-state index is 3.55. The van der Waals surface area contributed by atoms with Crippen LogP contribution in [0.25, 0.3) is 94.1 Å². The fraction of sp³-hybridized carbons (Fsp3) is 0.0820. The van der Waals surface area contributed by atoms with E-state index in [-0.39, 0.29) is 0 Å². The Morgan fingerprint density at radius 1 is 0.460 bits per heavy atom.